The van der Waals surface area contributed by atoms with E-state index in [1.807, 2.05) is 20.8 Å². The number of anilines is 1. The Hall–Kier alpha value is -1.69. The average Bonchev–Trinajstić information content (AvgIpc) is 2.38. The van der Waals surface area contributed by atoms with E-state index in [-0.39, 0.29) is 17.1 Å². The van der Waals surface area contributed by atoms with Crippen molar-refractivity contribution in [2.24, 2.45) is 5.84 Å². The van der Waals surface area contributed by atoms with E-state index in [0.29, 0.717) is 5.82 Å². The molecule has 0 aliphatic carbocycles. The molecule has 0 unspecified atom stereocenters. The van der Waals surface area contributed by atoms with Crippen molar-refractivity contribution in [2.45, 2.75) is 39.2 Å². The van der Waals surface area contributed by atoms with E-state index >= 15 is 0 Å². The summed E-state index contributed by atoms with van der Waals surface area (Å²) in [7, 11) is 0. The lowest BCUT2D eigenvalue weighted by atomic mass is 9.95. The second-order valence-electron chi connectivity index (χ2n) is 4.15. The average molecular weight is 237 g/mol. The zero-order valence-corrected chi connectivity index (χ0v) is 10.4. The minimum atomic E-state index is -0.215. The summed E-state index contributed by atoms with van der Waals surface area (Å²) in [6.45, 7) is 6.09. The summed E-state index contributed by atoms with van der Waals surface area (Å²) in [5.74, 6) is 5.38. The van der Waals surface area contributed by atoms with E-state index in [0.717, 1.165) is 12.8 Å². The number of amides is 1. The van der Waals surface area contributed by atoms with E-state index in [9.17, 15) is 4.79 Å². The van der Waals surface area contributed by atoms with Gasteiger partial charge in [0.2, 0.25) is 0 Å². The Morgan fingerprint density at radius 3 is 2.41 bits per heavy atom. The quantitative estimate of drug-likeness (QED) is 0.526. The molecule has 17 heavy (non-hydrogen) atoms. The summed E-state index contributed by atoms with van der Waals surface area (Å²) >= 11 is 0. The number of hydrogen-bond donors (Lipinski definition) is 3. The normalized spacial score (nSPS) is 11.1. The molecule has 1 amide bonds. The summed E-state index contributed by atoms with van der Waals surface area (Å²) < 4.78 is 0. The molecule has 0 aliphatic rings. The van der Waals surface area contributed by atoms with Crippen molar-refractivity contribution in [3.8, 4) is 0 Å². The Labute approximate surface area is 101 Å². The molecule has 0 saturated carbocycles. The highest BCUT2D eigenvalue weighted by atomic mass is 16.2. The number of nitrogens with zero attached hydrogens (tertiary/aromatic N) is 2. The molecule has 0 spiro atoms. The largest absolute Gasteiger partial charge is 0.346 e. The lowest BCUT2D eigenvalue weighted by Crippen LogP contribution is -2.45. The highest BCUT2D eigenvalue weighted by molar-refractivity contribution is 5.92. The zero-order valence-electron chi connectivity index (χ0n) is 10.4. The first-order valence-electron chi connectivity index (χ1n) is 5.66. The Kier molecular flexibility index (Phi) is 4.39. The van der Waals surface area contributed by atoms with Gasteiger partial charge in [-0.05, 0) is 19.8 Å². The smallest absolute Gasteiger partial charge is 0.271 e. The number of rotatable bonds is 5. The van der Waals surface area contributed by atoms with Crippen molar-refractivity contribution in [1.29, 1.82) is 0 Å². The SMILES string of the molecule is CCC(C)(CC)NC(=O)c1cnc(NN)cn1. The van der Waals surface area contributed by atoms with Gasteiger partial charge < -0.3 is 10.7 Å². The molecule has 0 fully saturated rings. The maximum absolute atomic E-state index is 11.9. The molecule has 6 nitrogen and oxygen atoms in total. The van der Waals surface area contributed by atoms with Gasteiger partial charge in [-0.15, -0.1) is 0 Å². The maximum atomic E-state index is 11.9. The Morgan fingerprint density at radius 1 is 1.35 bits per heavy atom. The second kappa shape index (κ2) is 5.58. The summed E-state index contributed by atoms with van der Waals surface area (Å²) in [5, 5.41) is 2.95. The molecule has 0 bridgehead atoms. The number of hydrogen-bond acceptors (Lipinski definition) is 5. The molecule has 1 aromatic rings. The topological polar surface area (TPSA) is 92.9 Å². The first-order chi connectivity index (χ1) is 8.04. The number of nitrogen functional groups attached to an aromatic ring is 1. The van der Waals surface area contributed by atoms with Crippen LogP contribution in [0.4, 0.5) is 5.82 Å². The minimum Gasteiger partial charge on any atom is -0.346 e. The van der Waals surface area contributed by atoms with Crippen LogP contribution in [0.2, 0.25) is 0 Å². The van der Waals surface area contributed by atoms with Crippen LogP contribution in [0.1, 0.15) is 44.1 Å². The van der Waals surface area contributed by atoms with E-state index < -0.39 is 0 Å². The molecule has 4 N–H and O–H groups in total. The van der Waals surface area contributed by atoms with Gasteiger partial charge in [-0.25, -0.2) is 15.8 Å². The highest BCUT2D eigenvalue weighted by Crippen LogP contribution is 2.14. The molecule has 0 aliphatic heterocycles. The fourth-order valence-corrected chi connectivity index (χ4v) is 1.28. The van der Waals surface area contributed by atoms with Gasteiger partial charge in [0, 0.05) is 5.54 Å². The lowest BCUT2D eigenvalue weighted by Gasteiger charge is -2.27. The third kappa shape index (κ3) is 3.39. The van der Waals surface area contributed by atoms with Crippen molar-refractivity contribution in [3.63, 3.8) is 0 Å². The van der Waals surface area contributed by atoms with Gasteiger partial charge in [0.15, 0.2) is 5.82 Å². The number of hydrazine groups is 1. The van der Waals surface area contributed by atoms with Crippen LogP contribution in [0, 0.1) is 0 Å². The van der Waals surface area contributed by atoms with Crippen LogP contribution in [-0.4, -0.2) is 21.4 Å². The van der Waals surface area contributed by atoms with Crippen LogP contribution in [-0.2, 0) is 0 Å². The number of aromatic nitrogens is 2. The van der Waals surface area contributed by atoms with Crippen LogP contribution >= 0.6 is 0 Å². The fraction of sp³-hybridized carbons (Fsp3) is 0.545. The molecule has 1 rings (SSSR count). The summed E-state index contributed by atoms with van der Waals surface area (Å²) in [5.41, 5.74) is 2.44. The lowest BCUT2D eigenvalue weighted by molar-refractivity contribution is 0.0895. The van der Waals surface area contributed by atoms with Crippen LogP contribution < -0.4 is 16.6 Å². The van der Waals surface area contributed by atoms with Crippen molar-refractivity contribution in [3.05, 3.63) is 18.1 Å². The molecule has 94 valence electrons. The third-order valence-electron chi connectivity index (χ3n) is 3.01. The van der Waals surface area contributed by atoms with Crippen molar-refractivity contribution in [1.82, 2.24) is 15.3 Å². The van der Waals surface area contributed by atoms with Gasteiger partial charge in [0.05, 0.1) is 12.4 Å². The second-order valence-corrected chi connectivity index (χ2v) is 4.15. The van der Waals surface area contributed by atoms with Crippen molar-refractivity contribution < 1.29 is 4.79 Å². The van der Waals surface area contributed by atoms with Gasteiger partial charge in [-0.3, -0.25) is 4.79 Å². The highest BCUT2D eigenvalue weighted by Gasteiger charge is 2.23. The zero-order chi connectivity index (χ0) is 12.9. The fourth-order valence-electron chi connectivity index (χ4n) is 1.28. The summed E-state index contributed by atoms with van der Waals surface area (Å²) in [6, 6.07) is 0. The maximum Gasteiger partial charge on any atom is 0.271 e. The van der Waals surface area contributed by atoms with Gasteiger partial charge in [0.25, 0.3) is 5.91 Å². The van der Waals surface area contributed by atoms with Crippen molar-refractivity contribution >= 4 is 11.7 Å². The van der Waals surface area contributed by atoms with Gasteiger partial charge >= 0.3 is 0 Å². The summed E-state index contributed by atoms with van der Waals surface area (Å²) in [6.07, 6.45) is 4.55. The Bertz CT molecular complexity index is 372. The van der Waals surface area contributed by atoms with Gasteiger partial charge in [-0.1, -0.05) is 13.8 Å². The van der Waals surface area contributed by atoms with Crippen LogP contribution in [0.3, 0.4) is 0 Å². The molecule has 1 aromatic heterocycles. The molecule has 0 saturated heterocycles. The molecular formula is C11H19N5O. The first-order valence-corrected chi connectivity index (χ1v) is 5.66. The molecular weight excluding hydrogens is 218 g/mol. The Morgan fingerprint density at radius 2 is 2.00 bits per heavy atom. The number of nitrogens with one attached hydrogen (secondary N) is 2. The predicted octanol–water partition coefficient (Wildman–Crippen LogP) is 1.07. The summed E-state index contributed by atoms with van der Waals surface area (Å²) in [4.78, 5) is 19.8. The van der Waals surface area contributed by atoms with Crippen LogP contribution in [0.25, 0.3) is 0 Å². The standard InChI is InChI=1S/C11H19N5O/c1-4-11(3,5-2)15-10(17)8-6-14-9(16-12)7-13-8/h6-7H,4-5,12H2,1-3H3,(H,14,16)(H,15,17). The Balaban J connectivity index is 2.75. The first kappa shape index (κ1) is 13.4. The molecule has 0 aromatic carbocycles. The molecule has 0 radical (unpaired) electrons. The number of carbonyl (C=O) groups is 1. The van der Waals surface area contributed by atoms with Gasteiger partial charge in [-0.2, -0.15) is 0 Å². The minimum absolute atomic E-state index is 0.205. The van der Waals surface area contributed by atoms with E-state index in [4.69, 9.17) is 5.84 Å². The van der Waals surface area contributed by atoms with Crippen molar-refractivity contribution in [2.75, 3.05) is 5.43 Å². The molecule has 6 heteroatoms. The molecule has 1 heterocycles. The van der Waals surface area contributed by atoms with Gasteiger partial charge in [0.1, 0.15) is 5.69 Å². The van der Waals surface area contributed by atoms with Crippen LogP contribution in [0.15, 0.2) is 12.4 Å². The third-order valence-corrected chi connectivity index (χ3v) is 3.01. The van der Waals surface area contributed by atoms with Crippen LogP contribution in [0.5, 0.6) is 0 Å². The van der Waals surface area contributed by atoms with E-state index in [2.05, 4.69) is 20.7 Å². The molecule has 0 atom stereocenters. The predicted molar refractivity (Wildman–Crippen MR) is 66.3 cm³/mol. The monoisotopic (exact) mass is 237 g/mol. The van der Waals surface area contributed by atoms with E-state index in [1.54, 1.807) is 0 Å². The number of carbonyl (C=O) groups excluding carboxylic acids is 1. The van der Waals surface area contributed by atoms with E-state index in [1.165, 1.54) is 12.4 Å². The number of nitrogens with two attached hydrogens (primary N) is 1.